The summed E-state index contributed by atoms with van der Waals surface area (Å²) in [5.41, 5.74) is 3.39. The molecule has 1 heteroatoms. The summed E-state index contributed by atoms with van der Waals surface area (Å²) in [4.78, 5) is 12.5. The standard InChI is InChI=1S/C16H20O/c1-10-6-5-9-12(11(10)2)16(17)15-13-7-3-4-8-14(13)15/h5-6,9,13-15H,3-4,7-8H2,1-2H3. The first kappa shape index (κ1) is 11.0. The van der Waals surface area contributed by atoms with E-state index in [0.717, 1.165) is 17.4 Å². The minimum Gasteiger partial charge on any atom is -0.294 e. The number of benzene rings is 1. The van der Waals surface area contributed by atoms with Crippen LogP contribution < -0.4 is 0 Å². The normalized spacial score (nSPS) is 30.8. The van der Waals surface area contributed by atoms with Gasteiger partial charge in [0.25, 0.3) is 0 Å². The molecule has 0 bridgehead atoms. The smallest absolute Gasteiger partial charge is 0.166 e. The Hall–Kier alpha value is -1.11. The third-order valence-electron chi connectivity index (χ3n) is 4.83. The Kier molecular flexibility index (Phi) is 2.57. The summed E-state index contributed by atoms with van der Waals surface area (Å²) in [6, 6.07) is 6.11. The van der Waals surface area contributed by atoms with Gasteiger partial charge in [0.05, 0.1) is 0 Å². The number of carbonyl (C=O) groups excluding carboxylic acids is 1. The van der Waals surface area contributed by atoms with Crippen LogP contribution >= 0.6 is 0 Å². The molecule has 2 fully saturated rings. The Balaban J connectivity index is 1.85. The van der Waals surface area contributed by atoms with E-state index in [0.29, 0.717) is 11.7 Å². The molecule has 1 aromatic carbocycles. The van der Waals surface area contributed by atoms with E-state index in [4.69, 9.17) is 0 Å². The minimum absolute atomic E-state index is 0.359. The lowest BCUT2D eigenvalue weighted by Crippen LogP contribution is -2.07. The second-order valence-electron chi connectivity index (χ2n) is 5.75. The third-order valence-corrected chi connectivity index (χ3v) is 4.83. The van der Waals surface area contributed by atoms with Crippen molar-refractivity contribution in [3.8, 4) is 0 Å². The van der Waals surface area contributed by atoms with Gasteiger partial charge < -0.3 is 0 Å². The predicted octanol–water partition coefficient (Wildman–Crippen LogP) is 3.92. The van der Waals surface area contributed by atoms with E-state index >= 15 is 0 Å². The molecule has 0 aliphatic heterocycles. The first-order chi connectivity index (χ1) is 8.20. The van der Waals surface area contributed by atoms with E-state index in [1.165, 1.54) is 36.8 Å². The van der Waals surface area contributed by atoms with Crippen molar-refractivity contribution in [2.75, 3.05) is 0 Å². The fraction of sp³-hybridized carbons (Fsp3) is 0.562. The Morgan fingerprint density at radius 3 is 2.41 bits per heavy atom. The van der Waals surface area contributed by atoms with Gasteiger partial charge in [0.2, 0.25) is 0 Å². The van der Waals surface area contributed by atoms with Crippen molar-refractivity contribution in [1.29, 1.82) is 0 Å². The summed E-state index contributed by atoms with van der Waals surface area (Å²) >= 11 is 0. The van der Waals surface area contributed by atoms with E-state index in [-0.39, 0.29) is 0 Å². The molecule has 2 atom stereocenters. The Morgan fingerprint density at radius 2 is 1.76 bits per heavy atom. The van der Waals surface area contributed by atoms with Crippen LogP contribution in [0.2, 0.25) is 0 Å². The number of carbonyl (C=O) groups is 1. The lowest BCUT2D eigenvalue weighted by atomic mass is 9.97. The molecular formula is C16H20O. The van der Waals surface area contributed by atoms with Gasteiger partial charge in [-0.15, -0.1) is 0 Å². The summed E-state index contributed by atoms with van der Waals surface area (Å²) < 4.78 is 0. The molecule has 1 nitrogen and oxygen atoms in total. The van der Waals surface area contributed by atoms with Gasteiger partial charge >= 0.3 is 0 Å². The monoisotopic (exact) mass is 228 g/mol. The second-order valence-corrected chi connectivity index (χ2v) is 5.75. The number of ketones is 1. The quantitative estimate of drug-likeness (QED) is 0.701. The van der Waals surface area contributed by atoms with E-state index in [2.05, 4.69) is 19.9 Å². The average molecular weight is 228 g/mol. The molecule has 2 saturated carbocycles. The van der Waals surface area contributed by atoms with Crippen LogP contribution in [0.1, 0.15) is 47.2 Å². The molecule has 1 aromatic rings. The van der Waals surface area contributed by atoms with Crippen molar-refractivity contribution < 1.29 is 4.79 Å². The molecular weight excluding hydrogens is 208 g/mol. The zero-order valence-corrected chi connectivity index (χ0v) is 10.7. The Labute approximate surface area is 103 Å². The van der Waals surface area contributed by atoms with E-state index in [1.807, 2.05) is 12.1 Å². The summed E-state index contributed by atoms with van der Waals surface area (Å²) in [5, 5.41) is 0. The van der Waals surface area contributed by atoms with Gasteiger partial charge in [0.1, 0.15) is 0 Å². The van der Waals surface area contributed by atoms with Gasteiger partial charge in [0.15, 0.2) is 5.78 Å². The fourth-order valence-corrected chi connectivity index (χ4v) is 3.58. The molecule has 0 N–H and O–H groups in total. The third kappa shape index (κ3) is 1.72. The summed E-state index contributed by atoms with van der Waals surface area (Å²) in [5.74, 6) is 2.22. The molecule has 0 spiro atoms. The second kappa shape index (κ2) is 3.97. The highest BCUT2D eigenvalue weighted by atomic mass is 16.1. The van der Waals surface area contributed by atoms with Gasteiger partial charge in [-0.1, -0.05) is 31.0 Å². The molecule has 17 heavy (non-hydrogen) atoms. The van der Waals surface area contributed by atoms with Crippen molar-refractivity contribution >= 4 is 5.78 Å². The Morgan fingerprint density at radius 1 is 1.12 bits per heavy atom. The highest BCUT2D eigenvalue weighted by Gasteiger charge is 2.54. The first-order valence-corrected chi connectivity index (χ1v) is 6.80. The van der Waals surface area contributed by atoms with Gasteiger partial charge in [0, 0.05) is 11.5 Å². The van der Waals surface area contributed by atoms with E-state index < -0.39 is 0 Å². The van der Waals surface area contributed by atoms with E-state index in [1.54, 1.807) is 0 Å². The summed E-state index contributed by atoms with van der Waals surface area (Å²) in [7, 11) is 0. The number of hydrogen-bond donors (Lipinski definition) is 0. The van der Waals surface area contributed by atoms with Crippen molar-refractivity contribution in [3.05, 3.63) is 34.9 Å². The van der Waals surface area contributed by atoms with Gasteiger partial charge in [-0.2, -0.15) is 0 Å². The number of hydrogen-bond acceptors (Lipinski definition) is 1. The molecule has 0 amide bonds. The van der Waals surface area contributed by atoms with Crippen LogP contribution in [0.3, 0.4) is 0 Å². The number of Topliss-reactive ketones (excluding diaryl/α,β-unsaturated/α-hetero) is 1. The van der Waals surface area contributed by atoms with Crippen molar-refractivity contribution in [1.82, 2.24) is 0 Å². The van der Waals surface area contributed by atoms with Crippen LogP contribution in [0.5, 0.6) is 0 Å². The highest BCUT2D eigenvalue weighted by Crippen LogP contribution is 2.56. The zero-order valence-electron chi connectivity index (χ0n) is 10.7. The Bertz CT molecular complexity index is 449. The molecule has 0 saturated heterocycles. The van der Waals surface area contributed by atoms with Gasteiger partial charge in [-0.05, 0) is 49.7 Å². The predicted molar refractivity (Wildman–Crippen MR) is 69.2 cm³/mol. The molecule has 0 aromatic heterocycles. The van der Waals surface area contributed by atoms with Crippen LogP contribution in [0.4, 0.5) is 0 Å². The van der Waals surface area contributed by atoms with Crippen molar-refractivity contribution in [2.45, 2.75) is 39.5 Å². The van der Waals surface area contributed by atoms with E-state index in [9.17, 15) is 4.79 Å². The number of rotatable bonds is 2. The SMILES string of the molecule is Cc1cccc(C(=O)C2C3CCCCC32)c1C. The van der Waals surface area contributed by atoms with Gasteiger partial charge in [-0.3, -0.25) is 4.79 Å². The zero-order chi connectivity index (χ0) is 12.0. The number of fused-ring (bicyclic) bond motifs is 1. The van der Waals surface area contributed by atoms with Crippen LogP contribution in [0, 0.1) is 31.6 Å². The molecule has 0 heterocycles. The molecule has 2 unspecified atom stereocenters. The summed E-state index contributed by atoms with van der Waals surface area (Å²) in [6.45, 7) is 4.17. The average Bonchev–Trinajstić information content (AvgIpc) is 3.06. The molecule has 3 rings (SSSR count). The molecule has 90 valence electrons. The minimum atomic E-state index is 0.359. The maximum absolute atomic E-state index is 12.5. The molecule has 0 radical (unpaired) electrons. The van der Waals surface area contributed by atoms with Crippen LogP contribution in [-0.4, -0.2) is 5.78 Å². The van der Waals surface area contributed by atoms with Crippen LogP contribution in [-0.2, 0) is 0 Å². The van der Waals surface area contributed by atoms with Crippen LogP contribution in [0.15, 0.2) is 18.2 Å². The topological polar surface area (TPSA) is 17.1 Å². The van der Waals surface area contributed by atoms with Crippen molar-refractivity contribution in [2.24, 2.45) is 17.8 Å². The fourth-order valence-electron chi connectivity index (χ4n) is 3.58. The highest BCUT2D eigenvalue weighted by molar-refractivity contribution is 6.01. The lowest BCUT2D eigenvalue weighted by molar-refractivity contribution is 0.0955. The summed E-state index contributed by atoms with van der Waals surface area (Å²) in [6.07, 6.45) is 5.23. The maximum Gasteiger partial charge on any atom is 0.166 e. The van der Waals surface area contributed by atoms with Crippen molar-refractivity contribution in [3.63, 3.8) is 0 Å². The van der Waals surface area contributed by atoms with Crippen LogP contribution in [0.25, 0.3) is 0 Å². The van der Waals surface area contributed by atoms with Gasteiger partial charge in [-0.25, -0.2) is 0 Å². The first-order valence-electron chi connectivity index (χ1n) is 6.80. The molecule has 2 aliphatic carbocycles. The molecule has 2 aliphatic rings. The lowest BCUT2D eigenvalue weighted by Gasteiger charge is -2.07. The maximum atomic E-state index is 12.5. The largest absolute Gasteiger partial charge is 0.294 e. The number of aryl methyl sites for hydroxylation is 1.